The van der Waals surface area contributed by atoms with Crippen molar-refractivity contribution < 1.29 is 0 Å². The molecule has 2 nitrogen and oxygen atoms in total. The molecule has 0 saturated heterocycles. The van der Waals surface area contributed by atoms with Gasteiger partial charge in [0.15, 0.2) is 0 Å². The average molecular weight is 643 g/mol. The lowest BCUT2D eigenvalue weighted by Gasteiger charge is -2.27. The van der Waals surface area contributed by atoms with Crippen LogP contribution in [0.25, 0.3) is 69.6 Å². The first-order chi connectivity index (χ1) is 24.3. The second kappa shape index (κ2) is 11.2. The second-order valence-corrected chi connectivity index (χ2v) is 13.7. The van der Waals surface area contributed by atoms with Crippen molar-refractivity contribution in [1.29, 1.82) is 0 Å². The fraction of sp³-hybridized carbons (Fsp3) is 0. The molecule has 0 unspecified atom stereocenters. The number of thiophene rings is 1. The van der Waals surface area contributed by atoms with Gasteiger partial charge in [-0.05, 0) is 83.2 Å². The molecule has 0 aliphatic carbocycles. The molecule has 3 heteroatoms. The van der Waals surface area contributed by atoms with Crippen LogP contribution < -0.4 is 4.90 Å². The Morgan fingerprint density at radius 2 is 0.980 bits per heavy atom. The average Bonchev–Trinajstić information content (AvgIpc) is 3.71. The van der Waals surface area contributed by atoms with Gasteiger partial charge in [0.05, 0.1) is 16.7 Å². The van der Waals surface area contributed by atoms with E-state index in [1.165, 1.54) is 63.9 Å². The molecule has 2 aromatic heterocycles. The molecule has 0 aliphatic heterocycles. The summed E-state index contributed by atoms with van der Waals surface area (Å²) in [7, 11) is 0. The lowest BCUT2D eigenvalue weighted by atomic mass is 10.0. The first kappa shape index (κ1) is 27.9. The Labute approximate surface area is 288 Å². The summed E-state index contributed by atoms with van der Waals surface area (Å²) in [4.78, 5) is 2.43. The van der Waals surface area contributed by atoms with Gasteiger partial charge in [-0.2, -0.15) is 0 Å². The van der Waals surface area contributed by atoms with Gasteiger partial charge in [-0.25, -0.2) is 0 Å². The molecule has 0 aliphatic rings. The zero-order valence-corrected chi connectivity index (χ0v) is 27.4. The van der Waals surface area contributed by atoms with E-state index >= 15 is 0 Å². The van der Waals surface area contributed by atoms with Crippen LogP contribution in [0.15, 0.2) is 182 Å². The maximum Gasteiger partial charge on any atom is 0.0541 e. The van der Waals surface area contributed by atoms with Crippen molar-refractivity contribution in [3.05, 3.63) is 182 Å². The lowest BCUT2D eigenvalue weighted by Crippen LogP contribution is -2.10. The van der Waals surface area contributed by atoms with Crippen LogP contribution in [0.1, 0.15) is 0 Å². The fourth-order valence-electron chi connectivity index (χ4n) is 7.53. The molecule has 8 aromatic carbocycles. The number of fused-ring (bicyclic) bond motifs is 7. The summed E-state index contributed by atoms with van der Waals surface area (Å²) in [6.45, 7) is 0. The van der Waals surface area contributed by atoms with Gasteiger partial charge in [-0.15, -0.1) is 11.3 Å². The smallest absolute Gasteiger partial charge is 0.0541 e. The monoisotopic (exact) mass is 642 g/mol. The predicted octanol–water partition coefficient (Wildman–Crippen LogP) is 13.4. The Morgan fingerprint density at radius 1 is 0.388 bits per heavy atom. The van der Waals surface area contributed by atoms with E-state index in [1.54, 1.807) is 0 Å². The molecule has 0 N–H and O–H groups in total. The van der Waals surface area contributed by atoms with E-state index in [4.69, 9.17) is 0 Å². The number of para-hydroxylation sites is 2. The van der Waals surface area contributed by atoms with Crippen molar-refractivity contribution in [3.8, 4) is 16.8 Å². The van der Waals surface area contributed by atoms with E-state index < -0.39 is 0 Å². The highest BCUT2D eigenvalue weighted by atomic mass is 32.1. The molecule has 0 spiro atoms. The third-order valence-electron chi connectivity index (χ3n) is 9.75. The molecule has 0 fully saturated rings. The van der Waals surface area contributed by atoms with Crippen LogP contribution in [0.2, 0.25) is 0 Å². The molecular weight excluding hydrogens is 613 g/mol. The van der Waals surface area contributed by atoms with Crippen molar-refractivity contribution in [1.82, 2.24) is 4.57 Å². The maximum absolute atomic E-state index is 2.43. The summed E-state index contributed by atoms with van der Waals surface area (Å²) in [6.07, 6.45) is 0. The van der Waals surface area contributed by atoms with Crippen molar-refractivity contribution in [2.24, 2.45) is 0 Å². The van der Waals surface area contributed by atoms with Gasteiger partial charge in [0, 0.05) is 53.4 Å². The van der Waals surface area contributed by atoms with Crippen LogP contribution in [-0.4, -0.2) is 4.57 Å². The first-order valence-electron chi connectivity index (χ1n) is 16.7. The van der Waals surface area contributed by atoms with Gasteiger partial charge in [0.1, 0.15) is 0 Å². The van der Waals surface area contributed by atoms with Crippen LogP contribution in [0, 0.1) is 0 Å². The van der Waals surface area contributed by atoms with Crippen LogP contribution in [0.5, 0.6) is 0 Å². The highest BCUT2D eigenvalue weighted by Crippen LogP contribution is 2.43. The standard InChI is InChI=1S/C46H30N2S/c1-2-18-37-31(12-1)13-11-24-42(37)47(36-26-27-46-41(30-36)40-21-5-8-25-45(40)49-46)34-16-9-14-32(28-34)33-15-10-17-35(29-33)48-43-22-6-3-19-38(43)39-20-4-7-23-44(39)48/h1-30H. The minimum atomic E-state index is 1.12. The highest BCUT2D eigenvalue weighted by molar-refractivity contribution is 7.25. The molecule has 0 saturated carbocycles. The van der Waals surface area contributed by atoms with E-state index in [0.29, 0.717) is 0 Å². The van der Waals surface area contributed by atoms with E-state index in [2.05, 4.69) is 191 Å². The zero-order valence-electron chi connectivity index (χ0n) is 26.6. The predicted molar refractivity (Wildman–Crippen MR) is 211 cm³/mol. The number of rotatable bonds is 5. The Bertz CT molecular complexity index is 2800. The number of hydrogen-bond donors (Lipinski definition) is 0. The first-order valence-corrected chi connectivity index (χ1v) is 17.5. The SMILES string of the molecule is c1cc(-c2cccc(-n3c4ccccc4c4ccccc43)c2)cc(N(c2ccc3sc4ccccc4c3c2)c2cccc3ccccc23)c1. The molecule has 2 heterocycles. The van der Waals surface area contributed by atoms with Crippen molar-refractivity contribution >= 4 is 81.1 Å². The number of aromatic nitrogens is 1. The summed E-state index contributed by atoms with van der Waals surface area (Å²) < 4.78 is 5.01. The largest absolute Gasteiger partial charge is 0.310 e. The maximum atomic E-state index is 2.43. The molecule has 0 amide bonds. The zero-order chi connectivity index (χ0) is 32.3. The van der Waals surface area contributed by atoms with Gasteiger partial charge in [0.25, 0.3) is 0 Å². The Kier molecular flexibility index (Phi) is 6.39. The quantitative estimate of drug-likeness (QED) is 0.181. The third-order valence-corrected chi connectivity index (χ3v) is 10.9. The number of anilines is 3. The third kappa shape index (κ3) is 4.55. The number of hydrogen-bond acceptors (Lipinski definition) is 2. The van der Waals surface area contributed by atoms with Crippen molar-refractivity contribution in [3.63, 3.8) is 0 Å². The summed E-state index contributed by atoms with van der Waals surface area (Å²) in [5.74, 6) is 0. The minimum absolute atomic E-state index is 1.12. The Hall–Kier alpha value is -6.16. The summed E-state index contributed by atoms with van der Waals surface area (Å²) >= 11 is 1.86. The van der Waals surface area contributed by atoms with Gasteiger partial charge in [-0.3, -0.25) is 0 Å². The Morgan fingerprint density at radius 3 is 1.80 bits per heavy atom. The summed E-state index contributed by atoms with van der Waals surface area (Å²) in [5.41, 5.74) is 9.36. The van der Waals surface area contributed by atoms with E-state index in [0.717, 1.165) is 22.7 Å². The van der Waals surface area contributed by atoms with Crippen molar-refractivity contribution in [2.75, 3.05) is 4.90 Å². The molecule has 10 rings (SSSR count). The van der Waals surface area contributed by atoms with Gasteiger partial charge in [-0.1, -0.05) is 115 Å². The molecular formula is C46H30N2S. The van der Waals surface area contributed by atoms with Gasteiger partial charge in [0.2, 0.25) is 0 Å². The normalized spacial score (nSPS) is 11.7. The fourth-order valence-corrected chi connectivity index (χ4v) is 8.62. The number of benzene rings is 8. The van der Waals surface area contributed by atoms with E-state index in [9.17, 15) is 0 Å². The van der Waals surface area contributed by atoms with Crippen molar-refractivity contribution in [2.45, 2.75) is 0 Å². The molecule has 0 bridgehead atoms. The Balaban J connectivity index is 1.16. The molecule has 10 aromatic rings. The van der Waals surface area contributed by atoms with Crippen LogP contribution in [-0.2, 0) is 0 Å². The summed E-state index contributed by atoms with van der Waals surface area (Å²) in [6, 6.07) is 66.3. The van der Waals surface area contributed by atoms with E-state index in [-0.39, 0.29) is 0 Å². The molecule has 49 heavy (non-hydrogen) atoms. The van der Waals surface area contributed by atoms with Crippen LogP contribution in [0.3, 0.4) is 0 Å². The lowest BCUT2D eigenvalue weighted by molar-refractivity contribution is 1.18. The molecule has 0 atom stereocenters. The topological polar surface area (TPSA) is 8.17 Å². The minimum Gasteiger partial charge on any atom is -0.310 e. The van der Waals surface area contributed by atoms with Gasteiger partial charge < -0.3 is 9.47 Å². The molecule has 0 radical (unpaired) electrons. The van der Waals surface area contributed by atoms with Crippen LogP contribution >= 0.6 is 11.3 Å². The molecule has 230 valence electrons. The van der Waals surface area contributed by atoms with Gasteiger partial charge >= 0.3 is 0 Å². The van der Waals surface area contributed by atoms with E-state index in [1.807, 2.05) is 11.3 Å². The summed E-state index contributed by atoms with van der Waals surface area (Å²) in [5, 5.41) is 7.58. The number of nitrogens with zero attached hydrogens (tertiary/aromatic N) is 2. The highest BCUT2D eigenvalue weighted by Gasteiger charge is 2.18. The second-order valence-electron chi connectivity index (χ2n) is 12.6. The van der Waals surface area contributed by atoms with Crippen LogP contribution in [0.4, 0.5) is 17.1 Å².